The molecule has 0 bridgehead atoms. The Morgan fingerprint density at radius 1 is 1.48 bits per heavy atom. The molecule has 0 aromatic heterocycles. The highest BCUT2D eigenvalue weighted by Crippen LogP contribution is 2.34. The molecule has 0 radical (unpaired) electrons. The number of rotatable bonds is 7. The Labute approximate surface area is 131 Å². The molecule has 11 heteroatoms. The minimum Gasteiger partial charge on any atom is -0.488 e. The fourth-order valence-corrected chi connectivity index (χ4v) is 3.47. The Balaban J connectivity index is 3.54. The van der Waals surface area contributed by atoms with Crippen LogP contribution in [0.15, 0.2) is 17.0 Å². The summed E-state index contributed by atoms with van der Waals surface area (Å²) < 4.78 is 44.0. The monoisotopic (exact) mass is 350 g/mol. The number of carboxylic acids is 1. The van der Waals surface area contributed by atoms with E-state index in [9.17, 15) is 27.7 Å². The number of carbonyl (C=O) groups is 1. The molecule has 1 aromatic carbocycles. The van der Waals surface area contributed by atoms with E-state index in [-0.39, 0.29) is 0 Å². The van der Waals surface area contributed by atoms with Crippen molar-refractivity contribution in [2.45, 2.75) is 24.8 Å². The maximum atomic E-state index is 13.9. The van der Waals surface area contributed by atoms with E-state index in [0.717, 1.165) is 7.11 Å². The van der Waals surface area contributed by atoms with Crippen molar-refractivity contribution in [2.24, 2.45) is 0 Å². The van der Waals surface area contributed by atoms with Crippen LogP contribution in [0.1, 0.15) is 13.8 Å². The van der Waals surface area contributed by atoms with Gasteiger partial charge in [0.15, 0.2) is 5.82 Å². The molecule has 0 unspecified atom stereocenters. The van der Waals surface area contributed by atoms with Crippen LogP contribution in [0.2, 0.25) is 0 Å². The molecule has 0 aliphatic heterocycles. The predicted octanol–water partition coefficient (Wildman–Crippen LogP) is 1.23. The van der Waals surface area contributed by atoms with Gasteiger partial charge < -0.3 is 9.84 Å². The highest BCUT2D eigenvalue weighted by Gasteiger charge is 2.33. The Kier molecular flexibility index (Phi) is 5.61. The molecule has 0 saturated heterocycles. The van der Waals surface area contributed by atoms with Crippen LogP contribution in [0.4, 0.5) is 10.1 Å². The van der Waals surface area contributed by atoms with Crippen molar-refractivity contribution < 1.29 is 32.4 Å². The molecule has 0 aliphatic carbocycles. The van der Waals surface area contributed by atoms with Gasteiger partial charge in [-0.25, -0.2) is 12.8 Å². The van der Waals surface area contributed by atoms with Crippen LogP contribution in [0.5, 0.6) is 5.75 Å². The standard InChI is InChI=1S/C12H15FN2O7S/c1-7(2)14(6-11(16)17)23(20,21)8-4-9(13)12(22-3)10(5-8)15(18)19/h4-5,7H,6H2,1-3H3,(H,16,17). The first-order chi connectivity index (χ1) is 10.5. The third kappa shape index (κ3) is 3.93. The van der Waals surface area contributed by atoms with Gasteiger partial charge in [-0.15, -0.1) is 0 Å². The lowest BCUT2D eigenvalue weighted by Gasteiger charge is -2.24. The Morgan fingerprint density at radius 3 is 2.43 bits per heavy atom. The van der Waals surface area contributed by atoms with Gasteiger partial charge in [0.1, 0.15) is 6.54 Å². The topological polar surface area (TPSA) is 127 Å². The first-order valence-electron chi connectivity index (χ1n) is 6.28. The largest absolute Gasteiger partial charge is 0.488 e. The minimum atomic E-state index is -4.45. The van der Waals surface area contributed by atoms with Gasteiger partial charge in [0.25, 0.3) is 0 Å². The fraction of sp³-hybridized carbons (Fsp3) is 0.417. The van der Waals surface area contributed by atoms with E-state index in [2.05, 4.69) is 4.74 Å². The number of aliphatic carboxylic acids is 1. The normalized spacial score (nSPS) is 11.7. The second-order valence-electron chi connectivity index (χ2n) is 4.75. The molecule has 0 aliphatic rings. The lowest BCUT2D eigenvalue weighted by molar-refractivity contribution is -0.386. The molecule has 9 nitrogen and oxygen atoms in total. The summed E-state index contributed by atoms with van der Waals surface area (Å²) in [4.78, 5) is 20.1. The summed E-state index contributed by atoms with van der Waals surface area (Å²) in [5.41, 5.74) is -0.870. The molecular weight excluding hydrogens is 335 g/mol. The Bertz CT molecular complexity index is 733. The van der Waals surface area contributed by atoms with Gasteiger partial charge in [0.05, 0.1) is 16.9 Å². The van der Waals surface area contributed by atoms with Gasteiger partial charge in [-0.3, -0.25) is 14.9 Å². The average Bonchev–Trinajstić information content (AvgIpc) is 2.42. The summed E-state index contributed by atoms with van der Waals surface area (Å²) in [6, 6.07) is 0.438. The average molecular weight is 350 g/mol. The van der Waals surface area contributed by atoms with Crippen molar-refractivity contribution in [3.05, 3.63) is 28.1 Å². The molecule has 0 saturated carbocycles. The maximum Gasteiger partial charge on any atom is 0.318 e. The van der Waals surface area contributed by atoms with Gasteiger partial charge in [0, 0.05) is 12.1 Å². The van der Waals surface area contributed by atoms with Crippen LogP contribution in [0, 0.1) is 15.9 Å². The number of nitro benzene ring substituents is 1. The van der Waals surface area contributed by atoms with Crippen molar-refractivity contribution in [1.82, 2.24) is 4.31 Å². The molecule has 1 N–H and O–H groups in total. The molecule has 0 heterocycles. The van der Waals surface area contributed by atoms with Crippen LogP contribution in [-0.2, 0) is 14.8 Å². The quantitative estimate of drug-likeness (QED) is 0.578. The molecule has 0 spiro atoms. The number of carboxylic acid groups (broad SMARTS) is 1. The number of methoxy groups -OCH3 is 1. The zero-order valence-corrected chi connectivity index (χ0v) is 13.3. The van der Waals surface area contributed by atoms with Crippen molar-refractivity contribution in [1.29, 1.82) is 0 Å². The molecule has 128 valence electrons. The third-order valence-corrected chi connectivity index (χ3v) is 4.87. The lowest BCUT2D eigenvalue weighted by atomic mass is 10.3. The Morgan fingerprint density at radius 2 is 2.04 bits per heavy atom. The van der Waals surface area contributed by atoms with Crippen molar-refractivity contribution >= 4 is 21.7 Å². The van der Waals surface area contributed by atoms with Gasteiger partial charge in [-0.05, 0) is 19.9 Å². The number of halogens is 1. The molecule has 1 rings (SSSR count). The van der Waals surface area contributed by atoms with Crippen molar-refractivity contribution in [3.8, 4) is 5.75 Å². The summed E-state index contributed by atoms with van der Waals surface area (Å²) in [5.74, 6) is -3.35. The van der Waals surface area contributed by atoms with Crippen LogP contribution < -0.4 is 4.74 Å². The van der Waals surface area contributed by atoms with Gasteiger partial charge in [-0.1, -0.05) is 0 Å². The second kappa shape index (κ2) is 6.87. The number of hydrogen-bond acceptors (Lipinski definition) is 6. The summed E-state index contributed by atoms with van der Waals surface area (Å²) in [6.45, 7) is 1.99. The second-order valence-corrected chi connectivity index (χ2v) is 6.64. The number of ether oxygens (including phenoxy) is 1. The Hall–Kier alpha value is -2.27. The zero-order chi connectivity index (χ0) is 17.9. The fourth-order valence-electron chi connectivity index (χ4n) is 1.86. The highest BCUT2D eigenvalue weighted by molar-refractivity contribution is 7.89. The molecular formula is C12H15FN2O7S. The number of hydrogen-bond donors (Lipinski definition) is 1. The molecule has 0 amide bonds. The van der Waals surface area contributed by atoms with E-state index in [0.29, 0.717) is 16.4 Å². The van der Waals surface area contributed by atoms with E-state index in [4.69, 9.17) is 5.11 Å². The maximum absolute atomic E-state index is 13.9. The van der Waals surface area contributed by atoms with E-state index in [1.54, 1.807) is 0 Å². The van der Waals surface area contributed by atoms with Crippen molar-refractivity contribution in [3.63, 3.8) is 0 Å². The van der Waals surface area contributed by atoms with Crippen molar-refractivity contribution in [2.75, 3.05) is 13.7 Å². The molecule has 1 aromatic rings. The zero-order valence-electron chi connectivity index (χ0n) is 12.5. The number of nitro groups is 1. The van der Waals surface area contributed by atoms with E-state index in [1.165, 1.54) is 13.8 Å². The first-order valence-corrected chi connectivity index (χ1v) is 7.72. The van der Waals surface area contributed by atoms with E-state index < -0.39 is 55.7 Å². The summed E-state index contributed by atoms with van der Waals surface area (Å²) in [6.07, 6.45) is 0. The van der Waals surface area contributed by atoms with Gasteiger partial charge in [-0.2, -0.15) is 4.31 Å². The van der Waals surface area contributed by atoms with Gasteiger partial charge in [0.2, 0.25) is 15.8 Å². The first kappa shape index (κ1) is 18.8. The van der Waals surface area contributed by atoms with Crippen LogP contribution in [-0.4, -0.2) is 48.4 Å². The third-order valence-electron chi connectivity index (χ3n) is 2.87. The minimum absolute atomic E-state index is 0.554. The smallest absolute Gasteiger partial charge is 0.318 e. The highest BCUT2D eigenvalue weighted by atomic mass is 32.2. The predicted molar refractivity (Wildman–Crippen MR) is 76.3 cm³/mol. The SMILES string of the molecule is COc1c(F)cc(S(=O)(=O)N(CC(=O)O)C(C)C)cc1[N+](=O)[O-]. The van der Waals surface area contributed by atoms with Crippen LogP contribution >= 0.6 is 0 Å². The molecule has 23 heavy (non-hydrogen) atoms. The lowest BCUT2D eigenvalue weighted by Crippen LogP contribution is -2.40. The summed E-state index contributed by atoms with van der Waals surface area (Å²) >= 11 is 0. The van der Waals surface area contributed by atoms with Gasteiger partial charge >= 0.3 is 11.7 Å². The van der Waals surface area contributed by atoms with Crippen LogP contribution in [0.25, 0.3) is 0 Å². The molecule has 0 atom stereocenters. The summed E-state index contributed by atoms with van der Waals surface area (Å²) in [5, 5.41) is 19.8. The van der Waals surface area contributed by atoms with Crippen LogP contribution in [0.3, 0.4) is 0 Å². The molecule has 0 fully saturated rings. The number of benzene rings is 1. The number of sulfonamides is 1. The summed E-state index contributed by atoms with van der Waals surface area (Å²) in [7, 11) is -3.44. The van der Waals surface area contributed by atoms with E-state index in [1.807, 2.05) is 0 Å². The number of nitrogens with zero attached hydrogens (tertiary/aromatic N) is 2. The van der Waals surface area contributed by atoms with E-state index >= 15 is 0 Å².